The van der Waals surface area contributed by atoms with Crippen molar-refractivity contribution in [2.24, 2.45) is 5.73 Å². The van der Waals surface area contributed by atoms with Crippen LogP contribution in [0.25, 0.3) is 6.08 Å². The minimum absolute atomic E-state index is 0.337. The van der Waals surface area contributed by atoms with E-state index in [2.05, 4.69) is 10.2 Å². The Morgan fingerprint density at radius 2 is 1.94 bits per heavy atom. The molecular formula is C25H30ClN3O4. The summed E-state index contributed by atoms with van der Waals surface area (Å²) < 4.78 is 11.1. The van der Waals surface area contributed by atoms with Crippen LogP contribution in [0.15, 0.2) is 36.4 Å². The Labute approximate surface area is 199 Å². The molecule has 0 saturated carbocycles. The second kappa shape index (κ2) is 11.6. The maximum absolute atomic E-state index is 12.7. The molecule has 1 aliphatic rings. The average molecular weight is 472 g/mol. The molecule has 0 radical (unpaired) electrons. The van der Waals surface area contributed by atoms with E-state index in [1.165, 1.54) is 12.5 Å². The number of carbonyl (C=O) groups excluding carboxylic acids is 2. The van der Waals surface area contributed by atoms with Gasteiger partial charge in [-0.3, -0.25) is 9.59 Å². The van der Waals surface area contributed by atoms with E-state index in [1.807, 2.05) is 13.0 Å². The van der Waals surface area contributed by atoms with Crippen LogP contribution in [0.5, 0.6) is 11.5 Å². The quantitative estimate of drug-likeness (QED) is 0.508. The van der Waals surface area contributed by atoms with Crippen LogP contribution in [-0.4, -0.2) is 38.6 Å². The van der Waals surface area contributed by atoms with Crippen molar-refractivity contribution < 1.29 is 19.1 Å². The molecule has 1 aliphatic heterocycles. The molecule has 1 fully saturated rings. The normalized spacial score (nSPS) is 13.7. The lowest BCUT2D eigenvalue weighted by Crippen LogP contribution is -2.30. The van der Waals surface area contributed by atoms with Crippen LogP contribution in [0.4, 0.5) is 11.4 Å². The maximum Gasteiger partial charge on any atom is 0.248 e. The third-order valence-corrected chi connectivity index (χ3v) is 5.65. The van der Waals surface area contributed by atoms with Crippen LogP contribution in [0, 0.1) is 0 Å². The predicted octanol–water partition coefficient (Wildman–Crippen LogP) is 4.88. The molecule has 176 valence electrons. The molecule has 3 N–H and O–H groups in total. The first kappa shape index (κ1) is 24.5. The summed E-state index contributed by atoms with van der Waals surface area (Å²) in [6.45, 7) is 4.34. The van der Waals surface area contributed by atoms with Gasteiger partial charge >= 0.3 is 0 Å². The molecule has 2 aromatic carbocycles. The number of carbonyl (C=O) groups is 2. The van der Waals surface area contributed by atoms with Gasteiger partial charge in [0.05, 0.1) is 30.1 Å². The summed E-state index contributed by atoms with van der Waals surface area (Å²) in [5.41, 5.74) is 7.92. The predicted molar refractivity (Wildman–Crippen MR) is 132 cm³/mol. The Bertz CT molecular complexity index is 1030. The van der Waals surface area contributed by atoms with Crippen LogP contribution in [0.2, 0.25) is 5.02 Å². The van der Waals surface area contributed by atoms with E-state index in [0.717, 1.165) is 38.0 Å². The van der Waals surface area contributed by atoms with Gasteiger partial charge in [-0.1, -0.05) is 18.5 Å². The van der Waals surface area contributed by atoms with E-state index in [1.54, 1.807) is 37.5 Å². The van der Waals surface area contributed by atoms with E-state index in [4.69, 9.17) is 26.8 Å². The number of methoxy groups -OCH3 is 1. The van der Waals surface area contributed by atoms with Crippen molar-refractivity contribution >= 4 is 40.9 Å². The zero-order chi connectivity index (χ0) is 23.8. The SMILES string of the molecule is CCCOc1c(Cl)cc(/C=C/C(=O)Nc2cc(C(N)=O)ccc2N2CCCCC2)cc1OC. The molecule has 8 heteroatoms. The molecule has 0 aliphatic carbocycles. The van der Waals surface area contributed by atoms with Crippen molar-refractivity contribution in [2.45, 2.75) is 32.6 Å². The fraction of sp³-hybridized carbons (Fsp3) is 0.360. The number of rotatable bonds is 9. The smallest absolute Gasteiger partial charge is 0.248 e. The van der Waals surface area contributed by atoms with Gasteiger partial charge < -0.3 is 25.4 Å². The highest BCUT2D eigenvalue weighted by molar-refractivity contribution is 6.32. The molecule has 3 rings (SSSR count). The minimum atomic E-state index is -0.543. The fourth-order valence-electron chi connectivity index (χ4n) is 3.73. The molecule has 0 bridgehead atoms. The number of nitrogens with two attached hydrogens (primary N) is 1. The Kier molecular flexibility index (Phi) is 8.60. The lowest BCUT2D eigenvalue weighted by atomic mass is 10.1. The number of ether oxygens (including phenoxy) is 2. The summed E-state index contributed by atoms with van der Waals surface area (Å²) in [6.07, 6.45) is 7.27. The molecule has 2 aromatic rings. The van der Waals surface area contributed by atoms with Crippen molar-refractivity contribution in [1.29, 1.82) is 0 Å². The van der Waals surface area contributed by atoms with E-state index in [-0.39, 0.29) is 5.91 Å². The summed E-state index contributed by atoms with van der Waals surface area (Å²) in [6, 6.07) is 8.62. The number of amides is 2. The summed E-state index contributed by atoms with van der Waals surface area (Å²) in [7, 11) is 1.54. The maximum atomic E-state index is 12.7. The first-order valence-electron chi connectivity index (χ1n) is 11.1. The van der Waals surface area contributed by atoms with Gasteiger partial charge in [-0.05, 0) is 67.7 Å². The lowest BCUT2D eigenvalue weighted by molar-refractivity contribution is -0.111. The first-order chi connectivity index (χ1) is 15.9. The van der Waals surface area contributed by atoms with Crippen LogP contribution in [0.1, 0.15) is 48.5 Å². The van der Waals surface area contributed by atoms with Crippen molar-refractivity contribution in [2.75, 3.05) is 37.0 Å². The highest BCUT2D eigenvalue weighted by atomic mass is 35.5. The number of primary amides is 1. The van der Waals surface area contributed by atoms with Gasteiger partial charge in [0.2, 0.25) is 11.8 Å². The van der Waals surface area contributed by atoms with E-state index in [0.29, 0.717) is 39.9 Å². The second-order valence-corrected chi connectivity index (χ2v) is 8.26. The van der Waals surface area contributed by atoms with E-state index < -0.39 is 5.91 Å². The van der Waals surface area contributed by atoms with Crippen molar-refractivity contribution in [3.63, 3.8) is 0 Å². The number of anilines is 2. The summed E-state index contributed by atoms with van der Waals surface area (Å²) >= 11 is 6.36. The van der Waals surface area contributed by atoms with E-state index >= 15 is 0 Å². The zero-order valence-electron chi connectivity index (χ0n) is 19.0. The molecule has 0 unspecified atom stereocenters. The molecule has 2 amide bonds. The number of hydrogen-bond acceptors (Lipinski definition) is 5. The summed E-state index contributed by atoms with van der Waals surface area (Å²) in [5, 5.41) is 3.30. The van der Waals surface area contributed by atoms with E-state index in [9.17, 15) is 9.59 Å². The summed E-state index contributed by atoms with van der Waals surface area (Å²) in [5.74, 6) is 0.101. The minimum Gasteiger partial charge on any atom is -0.493 e. The molecule has 1 heterocycles. The number of nitrogens with zero attached hydrogens (tertiary/aromatic N) is 1. The van der Waals surface area contributed by atoms with Gasteiger partial charge in [-0.15, -0.1) is 0 Å². The molecule has 1 saturated heterocycles. The van der Waals surface area contributed by atoms with Gasteiger partial charge in [-0.25, -0.2) is 0 Å². The number of hydrogen-bond donors (Lipinski definition) is 2. The number of halogens is 1. The topological polar surface area (TPSA) is 93.9 Å². The van der Waals surface area contributed by atoms with Crippen LogP contribution < -0.4 is 25.4 Å². The Balaban J connectivity index is 1.80. The second-order valence-electron chi connectivity index (χ2n) is 7.85. The third kappa shape index (κ3) is 6.42. The van der Waals surface area contributed by atoms with Gasteiger partial charge in [0, 0.05) is 24.7 Å². The Morgan fingerprint density at radius 3 is 2.61 bits per heavy atom. The highest BCUT2D eigenvalue weighted by Crippen LogP contribution is 2.37. The number of piperidine rings is 1. The molecule has 33 heavy (non-hydrogen) atoms. The Hall–Kier alpha value is -3.19. The van der Waals surface area contributed by atoms with Crippen molar-refractivity contribution in [3.8, 4) is 11.5 Å². The van der Waals surface area contributed by atoms with Crippen LogP contribution in [-0.2, 0) is 4.79 Å². The number of nitrogens with one attached hydrogen (secondary N) is 1. The molecular weight excluding hydrogens is 442 g/mol. The molecule has 0 atom stereocenters. The summed E-state index contributed by atoms with van der Waals surface area (Å²) in [4.78, 5) is 26.6. The lowest BCUT2D eigenvalue weighted by Gasteiger charge is -2.30. The van der Waals surface area contributed by atoms with Gasteiger partial charge in [0.15, 0.2) is 11.5 Å². The average Bonchev–Trinajstić information content (AvgIpc) is 2.82. The first-order valence-corrected chi connectivity index (χ1v) is 11.5. The standard InChI is InChI=1S/C25H30ClN3O4/c1-3-13-33-24-19(26)14-17(15-22(24)32-2)7-10-23(30)28-20-16-18(25(27)31)8-9-21(20)29-11-5-4-6-12-29/h7-10,14-16H,3-6,11-13H2,1-2H3,(H2,27,31)(H,28,30)/b10-7+. The fourth-order valence-corrected chi connectivity index (χ4v) is 4.00. The van der Waals surface area contributed by atoms with Crippen LogP contribution in [0.3, 0.4) is 0 Å². The number of benzene rings is 2. The molecule has 7 nitrogen and oxygen atoms in total. The largest absolute Gasteiger partial charge is 0.493 e. The highest BCUT2D eigenvalue weighted by Gasteiger charge is 2.17. The van der Waals surface area contributed by atoms with Crippen molar-refractivity contribution in [1.82, 2.24) is 0 Å². The van der Waals surface area contributed by atoms with Gasteiger partial charge in [0.1, 0.15) is 0 Å². The monoisotopic (exact) mass is 471 g/mol. The van der Waals surface area contributed by atoms with Gasteiger partial charge in [-0.2, -0.15) is 0 Å². The van der Waals surface area contributed by atoms with Crippen LogP contribution >= 0.6 is 11.6 Å². The third-order valence-electron chi connectivity index (χ3n) is 5.37. The van der Waals surface area contributed by atoms with Gasteiger partial charge in [0.25, 0.3) is 0 Å². The zero-order valence-corrected chi connectivity index (χ0v) is 19.8. The van der Waals surface area contributed by atoms with Crippen molar-refractivity contribution in [3.05, 3.63) is 52.6 Å². The Morgan fingerprint density at radius 1 is 1.18 bits per heavy atom. The molecule has 0 spiro atoms. The molecule has 0 aromatic heterocycles.